The van der Waals surface area contributed by atoms with Crippen LogP contribution >= 0.6 is 0 Å². The average Bonchev–Trinajstić information content (AvgIpc) is 1.62. The molecule has 0 spiro atoms. The number of hydrogen-bond acceptors (Lipinski definition) is 3. The minimum Gasteiger partial charge on any atom is -0.313 e. The maximum atomic E-state index is 10.2. The van der Waals surface area contributed by atoms with E-state index in [4.69, 9.17) is 10.3 Å². The molecule has 0 saturated carbocycles. The maximum absolute atomic E-state index is 10.2. The van der Waals surface area contributed by atoms with Crippen LogP contribution < -0.4 is 5.73 Å². The first-order valence-electron chi connectivity index (χ1n) is 2.57. The summed E-state index contributed by atoms with van der Waals surface area (Å²) < 4.78 is 28.7. The van der Waals surface area contributed by atoms with E-state index in [1.807, 2.05) is 0 Å². The molecule has 0 fully saturated rings. The van der Waals surface area contributed by atoms with Crippen LogP contribution in [0.15, 0.2) is 0 Å². The van der Waals surface area contributed by atoms with Crippen LogP contribution in [-0.2, 0) is 10.1 Å². The summed E-state index contributed by atoms with van der Waals surface area (Å²) in [5.41, 5.74) is 5.06. The molecule has 1 atom stereocenters. The second-order valence-electron chi connectivity index (χ2n) is 2.22. The van der Waals surface area contributed by atoms with Crippen molar-refractivity contribution in [3.05, 3.63) is 0 Å². The molecule has 6 heteroatoms. The smallest absolute Gasteiger partial charge is 0.281 e. The summed E-state index contributed by atoms with van der Waals surface area (Å²) in [4.78, 5) is 0. The molecule has 57 valence electrons. The van der Waals surface area contributed by atoms with E-state index in [2.05, 4.69) is 0 Å². The van der Waals surface area contributed by atoms with E-state index in [1.54, 1.807) is 13.8 Å². The van der Waals surface area contributed by atoms with Gasteiger partial charge in [0.05, 0.1) is 0 Å². The summed E-state index contributed by atoms with van der Waals surface area (Å²) in [6.07, 6.45) is 0. The number of rotatable bonds is 2. The quantitative estimate of drug-likeness (QED) is 0.454. The Bertz CT molecular complexity index is 177. The third kappa shape index (κ3) is 5.20. The Morgan fingerprint density at radius 2 is 1.70 bits per heavy atom. The van der Waals surface area contributed by atoms with Crippen molar-refractivity contribution in [1.29, 1.82) is 0 Å². The summed E-state index contributed by atoms with van der Waals surface area (Å²) in [7, 11) is -4.02. The van der Waals surface area contributed by atoms with Crippen LogP contribution in [0.1, 0.15) is 13.8 Å². The molecule has 0 heterocycles. The van der Waals surface area contributed by atoms with E-state index >= 15 is 0 Å². The molecule has 0 aromatic heterocycles. The summed E-state index contributed by atoms with van der Waals surface area (Å²) in [6.45, 7) is 3.25. The maximum Gasteiger partial charge on any atom is 0.281 e. The van der Waals surface area contributed by atoms with Crippen molar-refractivity contribution in [1.82, 2.24) is 0 Å². The molecule has 10 heavy (non-hydrogen) atoms. The van der Waals surface area contributed by atoms with Gasteiger partial charge in [0.2, 0.25) is 0 Å². The van der Waals surface area contributed by atoms with Crippen LogP contribution in [0, 0.1) is 5.92 Å². The molecule has 0 aromatic rings. The van der Waals surface area contributed by atoms with Crippen LogP contribution in [-0.4, -0.2) is 69.7 Å². The molecule has 3 N–H and O–H groups in total. The molecule has 0 aromatic carbocycles. The van der Waals surface area contributed by atoms with Gasteiger partial charge < -0.3 is 5.73 Å². The fourth-order valence-corrected chi connectivity index (χ4v) is 1.03. The molecule has 0 bridgehead atoms. The van der Waals surface area contributed by atoms with Gasteiger partial charge in [0.15, 0.2) is 0 Å². The molecular formula is C4H11KNO3S. The predicted octanol–water partition coefficient (Wildman–Crippen LogP) is -0.566. The van der Waals surface area contributed by atoms with Gasteiger partial charge in [-0.25, -0.2) is 0 Å². The summed E-state index contributed by atoms with van der Waals surface area (Å²) >= 11 is 0. The van der Waals surface area contributed by atoms with E-state index < -0.39 is 15.5 Å². The van der Waals surface area contributed by atoms with Gasteiger partial charge >= 0.3 is 0 Å². The van der Waals surface area contributed by atoms with Gasteiger partial charge in [-0.15, -0.1) is 0 Å². The Hall–Kier alpha value is 1.51. The normalized spacial score (nSPS) is 14.5. The Morgan fingerprint density at radius 1 is 1.40 bits per heavy atom. The fraction of sp³-hybridized carbons (Fsp3) is 1.00. The minimum absolute atomic E-state index is 0. The molecule has 0 rings (SSSR count). The van der Waals surface area contributed by atoms with Crippen molar-refractivity contribution in [2.24, 2.45) is 11.7 Å². The zero-order valence-corrected chi connectivity index (χ0v) is 10.3. The zero-order chi connectivity index (χ0) is 7.65. The first-order chi connectivity index (χ1) is 3.85. The second-order valence-corrected chi connectivity index (χ2v) is 3.80. The van der Waals surface area contributed by atoms with Gasteiger partial charge in [-0.1, -0.05) is 13.8 Å². The molecule has 0 aliphatic rings. The molecule has 0 aliphatic carbocycles. The van der Waals surface area contributed by atoms with E-state index in [1.165, 1.54) is 0 Å². The average molecular weight is 192 g/mol. The standard InChI is InChI=1S/C4H11NO3S.K/c1-3(2)4(5)9(6,7)8;/h3-4H,5H2,1-2H3,(H,6,7,8);. The van der Waals surface area contributed by atoms with Gasteiger partial charge in [-0.2, -0.15) is 8.42 Å². The van der Waals surface area contributed by atoms with Gasteiger partial charge in [-0.05, 0) is 5.92 Å². The molecule has 0 amide bonds. The van der Waals surface area contributed by atoms with Gasteiger partial charge in [0, 0.05) is 51.4 Å². The monoisotopic (exact) mass is 192 g/mol. The Kier molecular flexibility index (Phi) is 7.32. The molecule has 0 aliphatic heterocycles. The van der Waals surface area contributed by atoms with Crippen molar-refractivity contribution in [3.63, 3.8) is 0 Å². The van der Waals surface area contributed by atoms with Crippen LogP contribution in [0.5, 0.6) is 0 Å². The molecule has 4 nitrogen and oxygen atoms in total. The van der Waals surface area contributed by atoms with Crippen molar-refractivity contribution in [2.45, 2.75) is 19.2 Å². The third-order valence-corrected chi connectivity index (χ3v) is 2.23. The van der Waals surface area contributed by atoms with E-state index in [0.717, 1.165) is 0 Å². The van der Waals surface area contributed by atoms with Crippen LogP contribution in [0.2, 0.25) is 0 Å². The van der Waals surface area contributed by atoms with Crippen LogP contribution in [0.4, 0.5) is 0 Å². The molecule has 1 radical (unpaired) electrons. The van der Waals surface area contributed by atoms with Gasteiger partial charge in [0.1, 0.15) is 5.37 Å². The van der Waals surface area contributed by atoms with E-state index in [-0.39, 0.29) is 57.3 Å². The molecule has 1 unspecified atom stereocenters. The van der Waals surface area contributed by atoms with Crippen molar-refractivity contribution >= 4 is 61.5 Å². The number of hydrogen-bond donors (Lipinski definition) is 2. The summed E-state index contributed by atoms with van der Waals surface area (Å²) in [5.74, 6) is -0.250. The summed E-state index contributed by atoms with van der Waals surface area (Å²) in [6, 6.07) is 0. The van der Waals surface area contributed by atoms with Crippen molar-refractivity contribution in [3.8, 4) is 0 Å². The van der Waals surface area contributed by atoms with Crippen molar-refractivity contribution < 1.29 is 13.0 Å². The summed E-state index contributed by atoms with van der Waals surface area (Å²) in [5, 5.41) is -1.16. The topological polar surface area (TPSA) is 80.4 Å². The van der Waals surface area contributed by atoms with Crippen LogP contribution in [0.25, 0.3) is 0 Å². The first-order valence-corrected chi connectivity index (χ1v) is 4.08. The van der Waals surface area contributed by atoms with E-state index in [0.29, 0.717) is 0 Å². The Labute approximate surface area is 104 Å². The SMILES string of the molecule is CC(C)C(N)S(=O)(=O)O.[K]. The molecular weight excluding hydrogens is 181 g/mol. The van der Waals surface area contributed by atoms with Gasteiger partial charge in [-0.3, -0.25) is 4.55 Å². The van der Waals surface area contributed by atoms with Crippen LogP contribution in [0.3, 0.4) is 0 Å². The Morgan fingerprint density at radius 3 is 1.70 bits per heavy atom. The minimum atomic E-state index is -4.02. The number of nitrogens with two attached hydrogens (primary N) is 1. The zero-order valence-electron chi connectivity index (χ0n) is 6.40. The molecule has 0 saturated heterocycles. The van der Waals surface area contributed by atoms with E-state index in [9.17, 15) is 8.42 Å². The fourth-order valence-electron chi connectivity index (χ4n) is 0.344. The Balaban J connectivity index is 0. The van der Waals surface area contributed by atoms with Crippen molar-refractivity contribution in [2.75, 3.05) is 0 Å². The largest absolute Gasteiger partial charge is 0.313 e. The first kappa shape index (κ1) is 14.1. The van der Waals surface area contributed by atoms with Gasteiger partial charge in [0.25, 0.3) is 10.1 Å². The third-order valence-electron chi connectivity index (χ3n) is 1.00. The predicted molar refractivity (Wildman–Crippen MR) is 40.1 cm³/mol. The second kappa shape index (κ2) is 5.20.